The molecule has 0 spiro atoms. The maximum Gasteiger partial charge on any atom is 0.00674 e. The highest BCUT2D eigenvalue weighted by molar-refractivity contribution is 5.85. The van der Waals surface area contributed by atoms with E-state index in [1.807, 2.05) is 0 Å². The van der Waals surface area contributed by atoms with E-state index in [2.05, 4.69) is 19.2 Å². The number of rotatable bonds is 1. The second-order valence-electron chi connectivity index (χ2n) is 2.75. The summed E-state index contributed by atoms with van der Waals surface area (Å²) in [5, 5.41) is 3.50. The van der Waals surface area contributed by atoms with E-state index in [1.54, 1.807) is 0 Å². The predicted molar refractivity (Wildman–Crippen MR) is 43.2 cm³/mol. The molecular formula is C7H16ClN. The van der Waals surface area contributed by atoms with Crippen molar-refractivity contribution in [3.8, 4) is 0 Å². The molecule has 0 bridgehead atoms. The lowest BCUT2D eigenvalue weighted by atomic mass is 10.2. The molecule has 1 rings (SSSR count). The van der Waals surface area contributed by atoms with Gasteiger partial charge in [-0.3, -0.25) is 0 Å². The molecule has 0 unspecified atom stereocenters. The zero-order chi connectivity index (χ0) is 5.98. The van der Waals surface area contributed by atoms with Gasteiger partial charge in [-0.1, -0.05) is 6.92 Å². The molecule has 1 heterocycles. The molecule has 0 amide bonds. The first-order valence-electron chi connectivity index (χ1n) is 3.59. The number of nitrogens with one attached hydrogen (secondary N) is 1. The van der Waals surface area contributed by atoms with Crippen LogP contribution >= 0.6 is 12.4 Å². The van der Waals surface area contributed by atoms with Gasteiger partial charge in [0.05, 0.1) is 0 Å². The van der Waals surface area contributed by atoms with Crippen LogP contribution in [-0.2, 0) is 0 Å². The molecule has 0 aliphatic carbocycles. The summed E-state index contributed by atoms with van der Waals surface area (Å²) >= 11 is 0. The van der Waals surface area contributed by atoms with Crippen molar-refractivity contribution < 1.29 is 0 Å². The quantitative estimate of drug-likeness (QED) is 0.601. The Labute approximate surface area is 63.6 Å². The highest BCUT2D eigenvalue weighted by atomic mass is 35.5. The molecule has 56 valence electrons. The van der Waals surface area contributed by atoms with Gasteiger partial charge < -0.3 is 5.32 Å². The van der Waals surface area contributed by atoms with Crippen molar-refractivity contribution in [2.24, 2.45) is 0 Å². The number of hydrogen-bond acceptors (Lipinski definition) is 1. The molecule has 2 atom stereocenters. The second kappa shape index (κ2) is 4.13. The van der Waals surface area contributed by atoms with Crippen LogP contribution in [0.2, 0.25) is 0 Å². The lowest BCUT2D eigenvalue weighted by Gasteiger charge is -2.06. The van der Waals surface area contributed by atoms with Gasteiger partial charge in [-0.15, -0.1) is 12.4 Å². The third-order valence-corrected chi connectivity index (χ3v) is 1.96. The molecule has 0 saturated carbocycles. The van der Waals surface area contributed by atoms with Crippen LogP contribution in [-0.4, -0.2) is 12.1 Å². The van der Waals surface area contributed by atoms with Crippen molar-refractivity contribution in [1.82, 2.24) is 5.32 Å². The van der Waals surface area contributed by atoms with E-state index in [-0.39, 0.29) is 12.4 Å². The third kappa shape index (κ3) is 2.55. The Hall–Kier alpha value is 0.250. The number of hydrogen-bond donors (Lipinski definition) is 1. The molecule has 0 aromatic rings. The van der Waals surface area contributed by atoms with Gasteiger partial charge in [0.15, 0.2) is 0 Å². The minimum atomic E-state index is 0. The Balaban J connectivity index is 0.000000640. The van der Waals surface area contributed by atoms with Crippen molar-refractivity contribution in [2.75, 3.05) is 0 Å². The fourth-order valence-corrected chi connectivity index (χ4v) is 1.34. The summed E-state index contributed by atoms with van der Waals surface area (Å²) in [6.45, 7) is 4.51. The van der Waals surface area contributed by atoms with Crippen molar-refractivity contribution in [2.45, 2.75) is 45.2 Å². The minimum absolute atomic E-state index is 0. The molecule has 2 heteroatoms. The van der Waals surface area contributed by atoms with Gasteiger partial charge in [-0.2, -0.15) is 0 Å². The van der Waals surface area contributed by atoms with E-state index in [0.717, 1.165) is 12.1 Å². The van der Waals surface area contributed by atoms with E-state index in [9.17, 15) is 0 Å². The first kappa shape index (κ1) is 9.25. The van der Waals surface area contributed by atoms with Gasteiger partial charge in [0.1, 0.15) is 0 Å². The highest BCUT2D eigenvalue weighted by Gasteiger charge is 2.17. The van der Waals surface area contributed by atoms with E-state index in [4.69, 9.17) is 0 Å². The van der Waals surface area contributed by atoms with Crippen molar-refractivity contribution in [3.63, 3.8) is 0 Å². The summed E-state index contributed by atoms with van der Waals surface area (Å²) in [6, 6.07) is 1.60. The van der Waals surface area contributed by atoms with Gasteiger partial charge in [-0.05, 0) is 26.2 Å². The topological polar surface area (TPSA) is 12.0 Å². The summed E-state index contributed by atoms with van der Waals surface area (Å²) in [4.78, 5) is 0. The zero-order valence-corrected chi connectivity index (χ0v) is 7.00. The van der Waals surface area contributed by atoms with Crippen LogP contribution < -0.4 is 5.32 Å². The van der Waals surface area contributed by atoms with Gasteiger partial charge in [0.2, 0.25) is 0 Å². The predicted octanol–water partition coefficient (Wildman–Crippen LogP) is 1.96. The van der Waals surface area contributed by atoms with Crippen molar-refractivity contribution in [1.29, 1.82) is 0 Å². The van der Waals surface area contributed by atoms with Crippen molar-refractivity contribution >= 4 is 12.4 Å². The Morgan fingerprint density at radius 3 is 2.33 bits per heavy atom. The molecule has 1 aliphatic heterocycles. The molecule has 1 N–H and O–H groups in total. The van der Waals surface area contributed by atoms with Gasteiger partial charge in [0, 0.05) is 12.1 Å². The Kier molecular flexibility index (Phi) is 4.24. The summed E-state index contributed by atoms with van der Waals surface area (Å²) in [5.41, 5.74) is 0. The van der Waals surface area contributed by atoms with Gasteiger partial charge >= 0.3 is 0 Å². The van der Waals surface area contributed by atoms with E-state index in [1.165, 1.54) is 19.3 Å². The molecule has 9 heavy (non-hydrogen) atoms. The van der Waals surface area contributed by atoms with E-state index >= 15 is 0 Å². The standard InChI is InChI=1S/C7H15N.ClH/c1-3-7-5-4-6(2)8-7;/h6-8H,3-5H2,1-2H3;1H/t6-,7+;/m0./s1. The Morgan fingerprint density at radius 1 is 1.44 bits per heavy atom. The molecule has 1 saturated heterocycles. The Morgan fingerprint density at radius 2 is 2.11 bits per heavy atom. The van der Waals surface area contributed by atoms with Crippen LogP contribution in [0.3, 0.4) is 0 Å². The normalized spacial score (nSPS) is 34.0. The fourth-order valence-electron chi connectivity index (χ4n) is 1.34. The lowest BCUT2D eigenvalue weighted by Crippen LogP contribution is -2.25. The summed E-state index contributed by atoms with van der Waals surface area (Å²) < 4.78 is 0. The van der Waals surface area contributed by atoms with Crippen LogP contribution in [0.1, 0.15) is 33.1 Å². The maximum atomic E-state index is 3.50. The van der Waals surface area contributed by atoms with Crippen LogP contribution in [0.25, 0.3) is 0 Å². The minimum Gasteiger partial charge on any atom is -0.312 e. The van der Waals surface area contributed by atoms with E-state index in [0.29, 0.717) is 0 Å². The van der Waals surface area contributed by atoms with Crippen LogP contribution in [0.4, 0.5) is 0 Å². The smallest absolute Gasteiger partial charge is 0.00674 e. The van der Waals surface area contributed by atoms with Crippen LogP contribution in [0.5, 0.6) is 0 Å². The van der Waals surface area contributed by atoms with Gasteiger partial charge in [-0.25, -0.2) is 0 Å². The third-order valence-electron chi connectivity index (χ3n) is 1.96. The molecule has 1 fully saturated rings. The first-order valence-corrected chi connectivity index (χ1v) is 3.59. The fraction of sp³-hybridized carbons (Fsp3) is 1.00. The molecule has 0 aromatic heterocycles. The molecular weight excluding hydrogens is 134 g/mol. The second-order valence-corrected chi connectivity index (χ2v) is 2.75. The average molecular weight is 150 g/mol. The molecule has 1 nitrogen and oxygen atoms in total. The lowest BCUT2D eigenvalue weighted by molar-refractivity contribution is 0.548. The largest absolute Gasteiger partial charge is 0.312 e. The van der Waals surface area contributed by atoms with Crippen LogP contribution in [0, 0.1) is 0 Å². The van der Waals surface area contributed by atoms with Crippen LogP contribution in [0.15, 0.2) is 0 Å². The Bertz CT molecular complexity index is 75.3. The monoisotopic (exact) mass is 149 g/mol. The summed E-state index contributed by atoms with van der Waals surface area (Å²) in [7, 11) is 0. The maximum absolute atomic E-state index is 3.50. The summed E-state index contributed by atoms with van der Waals surface area (Å²) in [5.74, 6) is 0. The van der Waals surface area contributed by atoms with Crippen molar-refractivity contribution in [3.05, 3.63) is 0 Å². The average Bonchev–Trinajstić information content (AvgIpc) is 2.14. The van der Waals surface area contributed by atoms with E-state index < -0.39 is 0 Å². The first-order chi connectivity index (χ1) is 3.83. The molecule has 0 aromatic carbocycles. The SMILES string of the molecule is CC[C@@H]1CC[C@H](C)N1.Cl. The summed E-state index contributed by atoms with van der Waals surface area (Å²) in [6.07, 6.45) is 4.06. The van der Waals surface area contributed by atoms with Gasteiger partial charge in [0.25, 0.3) is 0 Å². The zero-order valence-electron chi connectivity index (χ0n) is 6.18. The molecule has 1 aliphatic rings. The highest BCUT2D eigenvalue weighted by Crippen LogP contribution is 2.13. The molecule has 0 radical (unpaired) electrons. The number of halogens is 1.